The molecule has 178 valence electrons. The second kappa shape index (κ2) is 10.3. The molecule has 1 saturated heterocycles. The number of benzene rings is 1. The minimum Gasteiger partial charge on any atom is -0.493 e. The molecule has 2 fully saturated rings. The van der Waals surface area contributed by atoms with Crippen LogP contribution in [0, 0.1) is 12.8 Å². The summed E-state index contributed by atoms with van der Waals surface area (Å²) in [6.45, 7) is 7.51. The number of ether oxygens (including phenoxy) is 1. The van der Waals surface area contributed by atoms with Gasteiger partial charge in [-0.15, -0.1) is 0 Å². The van der Waals surface area contributed by atoms with Crippen LogP contribution in [0.15, 0.2) is 23.1 Å². The van der Waals surface area contributed by atoms with Crippen molar-refractivity contribution in [1.29, 1.82) is 0 Å². The zero-order valence-electron chi connectivity index (χ0n) is 19.3. The molecule has 3 rings (SSSR count). The summed E-state index contributed by atoms with van der Waals surface area (Å²) in [5, 5.41) is 2.29. The Hall–Kier alpha value is -1.97. The molecule has 8 nitrogen and oxygen atoms in total. The summed E-state index contributed by atoms with van der Waals surface area (Å²) in [7, 11) is -3.67. The molecule has 2 aliphatic rings. The van der Waals surface area contributed by atoms with Gasteiger partial charge in [0, 0.05) is 11.6 Å². The van der Waals surface area contributed by atoms with Crippen molar-refractivity contribution >= 4 is 21.8 Å². The van der Waals surface area contributed by atoms with Crippen molar-refractivity contribution in [3.63, 3.8) is 0 Å². The maximum Gasteiger partial charge on any atom is 0.241 e. The van der Waals surface area contributed by atoms with Crippen molar-refractivity contribution in [3.05, 3.63) is 23.8 Å². The third-order valence-electron chi connectivity index (χ3n) is 5.84. The van der Waals surface area contributed by atoms with E-state index in [1.165, 1.54) is 12.8 Å². The molecule has 0 unspecified atom stereocenters. The fourth-order valence-electron chi connectivity index (χ4n) is 3.80. The molecule has 32 heavy (non-hydrogen) atoms. The molecule has 2 amide bonds. The van der Waals surface area contributed by atoms with Gasteiger partial charge in [0.15, 0.2) is 0 Å². The molecule has 0 atom stereocenters. The fourth-order valence-corrected chi connectivity index (χ4v) is 5.26. The minimum absolute atomic E-state index is 0.218. The predicted molar refractivity (Wildman–Crippen MR) is 122 cm³/mol. The number of nitrogens with zero attached hydrogens (tertiary/aromatic N) is 1. The summed E-state index contributed by atoms with van der Waals surface area (Å²) >= 11 is 0. The van der Waals surface area contributed by atoms with Crippen LogP contribution in [0.4, 0.5) is 0 Å². The number of sulfonamides is 1. The minimum atomic E-state index is -3.67. The van der Waals surface area contributed by atoms with Crippen LogP contribution < -0.4 is 14.8 Å². The molecule has 1 aliphatic carbocycles. The highest BCUT2D eigenvalue weighted by molar-refractivity contribution is 7.89. The highest BCUT2D eigenvalue weighted by Gasteiger charge is 2.27. The maximum absolute atomic E-state index is 13.0. The van der Waals surface area contributed by atoms with Gasteiger partial charge in [-0.05, 0) is 70.5 Å². The van der Waals surface area contributed by atoms with Gasteiger partial charge >= 0.3 is 0 Å². The number of aryl methyl sites for hydroxylation is 1. The Morgan fingerprint density at radius 1 is 1.12 bits per heavy atom. The Labute approximate surface area is 191 Å². The Morgan fingerprint density at radius 3 is 2.47 bits per heavy atom. The molecule has 0 radical (unpaired) electrons. The number of nitrogens with one attached hydrogen (secondary N) is 2. The van der Waals surface area contributed by atoms with E-state index in [2.05, 4.69) is 10.0 Å². The summed E-state index contributed by atoms with van der Waals surface area (Å²) in [4.78, 5) is 24.9. The summed E-state index contributed by atoms with van der Waals surface area (Å²) in [6.07, 6.45) is 5.62. The summed E-state index contributed by atoms with van der Waals surface area (Å²) in [6, 6.07) is 5.02. The molecule has 2 N–H and O–H groups in total. The third kappa shape index (κ3) is 7.56. The molecule has 1 heterocycles. The molecule has 1 aromatic rings. The van der Waals surface area contributed by atoms with Gasteiger partial charge in [0.05, 0.1) is 24.6 Å². The predicted octanol–water partition coefficient (Wildman–Crippen LogP) is 2.36. The van der Waals surface area contributed by atoms with Crippen LogP contribution in [0.3, 0.4) is 0 Å². The molecule has 0 spiro atoms. The number of piperazine rings is 1. The number of carbonyl (C=O) groups excluding carboxylic acids is 2. The normalized spacial score (nSPS) is 18.0. The maximum atomic E-state index is 13.0. The van der Waals surface area contributed by atoms with Gasteiger partial charge in [-0.3, -0.25) is 19.8 Å². The number of hydrogen-bond acceptors (Lipinski definition) is 6. The SMILES string of the molecule is Cc1ccc(S(=O)(=O)NC(C)(C)CCCCCN2CC(=O)NC(=O)C2)cc1OCC1CC1. The lowest BCUT2D eigenvalue weighted by molar-refractivity contribution is -0.136. The molecular formula is C23H35N3O5S. The number of rotatable bonds is 12. The monoisotopic (exact) mass is 465 g/mol. The number of imide groups is 1. The average Bonchev–Trinajstić information content (AvgIpc) is 3.49. The first-order chi connectivity index (χ1) is 15.0. The first kappa shape index (κ1) is 24.7. The Balaban J connectivity index is 1.46. The van der Waals surface area contributed by atoms with E-state index in [4.69, 9.17) is 4.74 Å². The lowest BCUT2D eigenvalue weighted by Gasteiger charge is -2.27. The fraction of sp³-hybridized carbons (Fsp3) is 0.652. The molecule has 0 bridgehead atoms. The van der Waals surface area contributed by atoms with E-state index in [-0.39, 0.29) is 29.8 Å². The van der Waals surface area contributed by atoms with Gasteiger partial charge in [0.1, 0.15) is 5.75 Å². The van der Waals surface area contributed by atoms with Crippen LogP contribution >= 0.6 is 0 Å². The average molecular weight is 466 g/mol. The first-order valence-electron chi connectivity index (χ1n) is 11.4. The lowest BCUT2D eigenvalue weighted by atomic mass is 9.98. The van der Waals surface area contributed by atoms with Crippen LogP contribution in [0.2, 0.25) is 0 Å². The standard InChI is InChI=1S/C23H35N3O5S/c1-17-7-10-19(13-20(17)31-16-18-8-9-18)32(29,30)25-23(2,3)11-5-4-6-12-26-14-21(27)24-22(28)15-26/h7,10,13,18,25H,4-6,8-9,11-12,14-16H2,1-3H3,(H,24,27,28). The van der Waals surface area contributed by atoms with E-state index >= 15 is 0 Å². The van der Waals surface area contributed by atoms with E-state index in [0.717, 1.165) is 24.8 Å². The first-order valence-corrected chi connectivity index (χ1v) is 12.8. The van der Waals surface area contributed by atoms with Crippen LogP contribution in [-0.4, -0.2) is 56.9 Å². The Morgan fingerprint density at radius 2 is 1.81 bits per heavy atom. The smallest absolute Gasteiger partial charge is 0.241 e. The lowest BCUT2D eigenvalue weighted by Crippen LogP contribution is -2.51. The second-order valence-electron chi connectivity index (χ2n) is 9.66. The van der Waals surface area contributed by atoms with E-state index in [0.29, 0.717) is 31.2 Å². The highest BCUT2D eigenvalue weighted by Crippen LogP contribution is 2.31. The van der Waals surface area contributed by atoms with Crippen LogP contribution in [0.1, 0.15) is 57.9 Å². The van der Waals surface area contributed by atoms with Crippen molar-refractivity contribution in [1.82, 2.24) is 14.9 Å². The van der Waals surface area contributed by atoms with Gasteiger partial charge in [-0.2, -0.15) is 0 Å². The van der Waals surface area contributed by atoms with Gasteiger partial charge in [0.2, 0.25) is 21.8 Å². The van der Waals surface area contributed by atoms with Gasteiger partial charge in [0.25, 0.3) is 0 Å². The van der Waals surface area contributed by atoms with E-state index < -0.39 is 15.6 Å². The van der Waals surface area contributed by atoms with Crippen molar-refractivity contribution < 1.29 is 22.7 Å². The quantitative estimate of drug-likeness (QED) is 0.363. The molecular weight excluding hydrogens is 430 g/mol. The topological polar surface area (TPSA) is 105 Å². The van der Waals surface area contributed by atoms with Crippen molar-refractivity contribution in [2.75, 3.05) is 26.2 Å². The molecule has 1 aromatic carbocycles. The van der Waals surface area contributed by atoms with Gasteiger partial charge in [-0.25, -0.2) is 13.1 Å². The zero-order chi connectivity index (χ0) is 23.4. The summed E-state index contributed by atoms with van der Waals surface area (Å²) in [5.41, 5.74) is 0.330. The van der Waals surface area contributed by atoms with E-state index in [9.17, 15) is 18.0 Å². The van der Waals surface area contributed by atoms with Gasteiger partial charge < -0.3 is 4.74 Å². The van der Waals surface area contributed by atoms with Crippen LogP contribution in [-0.2, 0) is 19.6 Å². The Kier molecular flexibility index (Phi) is 7.95. The zero-order valence-corrected chi connectivity index (χ0v) is 20.1. The molecule has 0 aromatic heterocycles. The molecule has 1 saturated carbocycles. The number of hydrogen-bond donors (Lipinski definition) is 2. The number of unbranched alkanes of at least 4 members (excludes halogenated alkanes) is 2. The third-order valence-corrected chi connectivity index (χ3v) is 7.54. The van der Waals surface area contributed by atoms with Crippen molar-refractivity contribution in [3.8, 4) is 5.75 Å². The number of carbonyl (C=O) groups is 2. The van der Waals surface area contributed by atoms with Crippen molar-refractivity contribution in [2.24, 2.45) is 5.92 Å². The number of amides is 2. The summed E-state index contributed by atoms with van der Waals surface area (Å²) < 4.78 is 34.6. The van der Waals surface area contributed by atoms with E-state index in [1.807, 2.05) is 25.7 Å². The molecule has 1 aliphatic heterocycles. The van der Waals surface area contributed by atoms with Crippen LogP contribution in [0.25, 0.3) is 0 Å². The Bertz CT molecular complexity index is 925. The largest absolute Gasteiger partial charge is 0.493 e. The highest BCUT2D eigenvalue weighted by atomic mass is 32.2. The van der Waals surface area contributed by atoms with Gasteiger partial charge in [-0.1, -0.05) is 18.9 Å². The van der Waals surface area contributed by atoms with E-state index in [1.54, 1.807) is 18.2 Å². The second-order valence-corrected chi connectivity index (χ2v) is 11.3. The molecule has 9 heteroatoms. The van der Waals surface area contributed by atoms with Crippen LogP contribution in [0.5, 0.6) is 5.75 Å². The summed E-state index contributed by atoms with van der Waals surface area (Å²) in [5.74, 6) is 0.713. The van der Waals surface area contributed by atoms with Crippen molar-refractivity contribution in [2.45, 2.75) is 69.7 Å².